The van der Waals surface area contributed by atoms with Crippen molar-refractivity contribution in [3.05, 3.63) is 159 Å². The lowest BCUT2D eigenvalue weighted by atomic mass is 9.72. The minimum absolute atomic E-state index is 0.0259. The quantitative estimate of drug-likeness (QED) is 0.0932. The molecule has 0 aliphatic rings. The molecule has 3 heterocycles. The summed E-state index contributed by atoms with van der Waals surface area (Å²) in [5, 5.41) is 81.8. The number of aryl methyl sites for hydroxylation is 1. The molecule has 15 nitrogen and oxygen atoms in total. The molecule has 0 spiro atoms. The van der Waals surface area contributed by atoms with Crippen LogP contribution in [-0.2, 0) is 16.2 Å². The number of phenols is 3. The summed E-state index contributed by atoms with van der Waals surface area (Å²) >= 11 is 0. The fourth-order valence-electron chi connectivity index (χ4n) is 8.72. The van der Waals surface area contributed by atoms with Crippen molar-refractivity contribution in [2.45, 2.75) is 119 Å². The molecule has 3 aromatic heterocycles. The molecule has 70 heavy (non-hydrogen) atoms. The maximum atomic E-state index is 12.8. The van der Waals surface area contributed by atoms with Crippen molar-refractivity contribution in [1.29, 1.82) is 0 Å². The van der Waals surface area contributed by atoms with Crippen molar-refractivity contribution in [3.8, 4) is 34.3 Å². The van der Waals surface area contributed by atoms with Gasteiger partial charge in [0.15, 0.2) is 22.8 Å². The van der Waals surface area contributed by atoms with E-state index in [0.29, 0.717) is 59.9 Å². The number of hydrogen-bond donors (Lipinski definition) is 3. The number of aromatic nitrogens is 9. The van der Waals surface area contributed by atoms with E-state index in [0.717, 1.165) is 51.2 Å². The average molecular weight is 948 g/mol. The molecule has 0 saturated heterocycles. The monoisotopic (exact) mass is 948 g/mol. The van der Waals surface area contributed by atoms with E-state index in [2.05, 4.69) is 97.5 Å². The average Bonchev–Trinajstić information content (AvgIpc) is 3.96. The maximum absolute atomic E-state index is 12.8. The lowest BCUT2D eigenvalue weighted by Crippen LogP contribution is -2.37. The molecule has 9 rings (SSSR count). The van der Waals surface area contributed by atoms with Gasteiger partial charge in [0.05, 0.1) is 15.3 Å². The second-order valence-corrected chi connectivity index (χ2v) is 21.1. The van der Waals surface area contributed by atoms with Crippen molar-refractivity contribution in [3.63, 3.8) is 0 Å². The molecule has 0 bridgehead atoms. The molecule has 0 unspecified atom stereocenters. The molecule has 0 fully saturated rings. The van der Waals surface area contributed by atoms with E-state index < -0.39 is 0 Å². The molecule has 0 atom stereocenters. The summed E-state index contributed by atoms with van der Waals surface area (Å²) in [6.45, 7) is 25.7. The SMILES string of the molecule is CC(C)(C)CC(C)(C)c1ccc(O)c(-n2nc3ccccc3[n+]2[O-])c1.CCC(C)(C)c1cc(-n2nc3ccccc3[n+]2[O-])c(O)c(C(C)(C)CC)c1.Cc1ccc(O)c(-n2nc3ccccc3[n+]2[O-])c1. The summed E-state index contributed by atoms with van der Waals surface area (Å²) in [6.07, 6.45) is 2.79. The summed E-state index contributed by atoms with van der Waals surface area (Å²) in [6, 6.07) is 35.8. The number of para-hydroxylation sites is 3. The predicted octanol–water partition coefficient (Wildman–Crippen LogP) is 10.5. The number of fused-ring (bicyclic) bond motifs is 3. The first kappa shape index (κ1) is 50.2. The predicted molar refractivity (Wildman–Crippen MR) is 274 cm³/mol. The second kappa shape index (κ2) is 19.0. The van der Waals surface area contributed by atoms with Crippen LogP contribution in [-0.4, -0.2) is 45.0 Å². The van der Waals surface area contributed by atoms with Crippen LogP contribution in [0, 0.1) is 28.0 Å². The highest BCUT2D eigenvalue weighted by atomic mass is 16.5. The third-order valence-corrected chi connectivity index (χ3v) is 13.3. The molecule has 366 valence electrons. The lowest BCUT2D eigenvalue weighted by molar-refractivity contribution is -0.664. The number of phenolic OH excluding ortho intramolecular Hbond substituents is 3. The Morgan fingerprint density at radius 2 is 0.871 bits per heavy atom. The topological polar surface area (TPSA) is 195 Å². The van der Waals surface area contributed by atoms with Gasteiger partial charge in [0, 0.05) is 5.56 Å². The Balaban J connectivity index is 0.000000158. The van der Waals surface area contributed by atoms with Crippen LogP contribution < -0.4 is 14.5 Å². The normalized spacial score (nSPS) is 12.2. The highest BCUT2D eigenvalue weighted by molar-refractivity contribution is 5.72. The minimum atomic E-state index is -0.223. The molecular formula is C55H65N9O6. The number of aromatic hydroxyl groups is 3. The van der Waals surface area contributed by atoms with Gasteiger partial charge in [-0.1, -0.05) is 131 Å². The fraction of sp³-hybridized carbons (Fsp3) is 0.345. The zero-order valence-electron chi connectivity index (χ0n) is 42.3. The molecule has 6 aromatic carbocycles. The zero-order valence-corrected chi connectivity index (χ0v) is 42.3. The van der Waals surface area contributed by atoms with Crippen molar-refractivity contribution in [2.75, 3.05) is 0 Å². The van der Waals surface area contributed by atoms with E-state index in [1.54, 1.807) is 72.8 Å². The van der Waals surface area contributed by atoms with Crippen LogP contribution in [0.4, 0.5) is 0 Å². The molecule has 0 aliphatic carbocycles. The molecular weight excluding hydrogens is 883 g/mol. The van der Waals surface area contributed by atoms with Gasteiger partial charge in [-0.05, 0) is 146 Å². The van der Waals surface area contributed by atoms with Gasteiger partial charge in [0.25, 0.3) is 0 Å². The molecule has 3 N–H and O–H groups in total. The van der Waals surface area contributed by atoms with Gasteiger partial charge >= 0.3 is 0 Å². The second-order valence-electron chi connectivity index (χ2n) is 21.1. The van der Waals surface area contributed by atoms with Gasteiger partial charge in [0.2, 0.25) is 33.1 Å². The summed E-state index contributed by atoms with van der Waals surface area (Å²) in [5.41, 5.74) is 8.12. The van der Waals surface area contributed by atoms with Crippen LogP contribution in [0.2, 0.25) is 0 Å². The highest BCUT2D eigenvalue weighted by Crippen LogP contribution is 2.42. The maximum Gasteiger partial charge on any atom is 0.250 e. The van der Waals surface area contributed by atoms with Gasteiger partial charge in [-0.2, -0.15) is 0 Å². The molecule has 0 amide bonds. The Morgan fingerprint density at radius 1 is 0.471 bits per heavy atom. The Labute approximate surface area is 408 Å². The summed E-state index contributed by atoms with van der Waals surface area (Å²) in [4.78, 5) is 5.78. The molecule has 15 heteroatoms. The number of rotatable bonds is 9. The van der Waals surface area contributed by atoms with E-state index in [9.17, 15) is 30.9 Å². The fourth-order valence-corrected chi connectivity index (χ4v) is 8.72. The first-order valence-corrected chi connectivity index (χ1v) is 23.6. The first-order chi connectivity index (χ1) is 32.9. The van der Waals surface area contributed by atoms with Gasteiger partial charge < -0.3 is 30.9 Å². The van der Waals surface area contributed by atoms with Crippen LogP contribution in [0.5, 0.6) is 17.2 Å². The largest absolute Gasteiger partial charge is 0.692 e. The summed E-state index contributed by atoms with van der Waals surface area (Å²) in [5.74, 6) is 0.181. The van der Waals surface area contributed by atoms with Crippen molar-refractivity contribution in [1.82, 2.24) is 29.7 Å². The molecule has 0 radical (unpaired) electrons. The van der Waals surface area contributed by atoms with E-state index in [4.69, 9.17) is 0 Å². The van der Waals surface area contributed by atoms with Crippen LogP contribution in [0.3, 0.4) is 0 Å². The smallest absolute Gasteiger partial charge is 0.250 e. The minimum Gasteiger partial charge on any atom is -0.692 e. The van der Waals surface area contributed by atoms with Gasteiger partial charge in [-0.25, -0.2) is 0 Å². The number of nitrogens with zero attached hydrogens (tertiary/aromatic N) is 9. The summed E-state index contributed by atoms with van der Waals surface area (Å²) < 4.78 is 0. The Morgan fingerprint density at radius 3 is 1.30 bits per heavy atom. The Hall–Kier alpha value is -7.68. The molecule has 0 aliphatic heterocycles. The van der Waals surface area contributed by atoms with E-state index >= 15 is 0 Å². The van der Waals surface area contributed by atoms with Crippen LogP contribution in [0.25, 0.3) is 50.2 Å². The lowest BCUT2D eigenvalue weighted by Gasteiger charge is -2.33. The van der Waals surface area contributed by atoms with Gasteiger partial charge in [-0.3, -0.25) is 0 Å². The van der Waals surface area contributed by atoms with Gasteiger partial charge in [0.1, 0.15) is 11.5 Å². The number of benzene rings is 6. The third-order valence-electron chi connectivity index (χ3n) is 13.3. The highest BCUT2D eigenvalue weighted by Gasteiger charge is 2.32. The number of hydrogen-bond acceptors (Lipinski definition) is 9. The molecule has 9 aromatic rings. The standard InChI is InChI=1S/C22H29N3O2.C20H25N3O2.C13H11N3O2/c1-7-21(3,4)15-13-16(22(5,6)8-2)20(26)19(14-15)24-23-17-11-9-10-12-18(17)25(24)27;1-19(2,3)13-20(4,5)14-10-11-18(24)17(12-14)22-21-15-8-6-7-9-16(15)23(22)25;1-9-6-7-13(17)12(8-9)15-14-10-4-2-3-5-11(10)16(15)18/h9-14,26H,7-8H2,1-6H3;6-12,24H,13H2,1-5H3;2-8,17H,1H3. The van der Waals surface area contributed by atoms with Crippen LogP contribution in [0.1, 0.15) is 118 Å². The van der Waals surface area contributed by atoms with Crippen LogP contribution >= 0.6 is 0 Å². The van der Waals surface area contributed by atoms with Crippen molar-refractivity contribution in [2.24, 2.45) is 5.41 Å². The van der Waals surface area contributed by atoms with Gasteiger partial charge in [-0.15, -0.1) is 14.5 Å². The third kappa shape index (κ3) is 10.1. The Kier molecular flexibility index (Phi) is 13.6. The van der Waals surface area contributed by atoms with Crippen LogP contribution in [0.15, 0.2) is 121 Å². The molecule has 0 saturated carbocycles. The summed E-state index contributed by atoms with van der Waals surface area (Å²) in [7, 11) is 0. The van der Waals surface area contributed by atoms with Crippen molar-refractivity contribution >= 4 is 33.1 Å². The van der Waals surface area contributed by atoms with E-state index in [1.165, 1.54) is 9.59 Å². The zero-order chi connectivity index (χ0) is 51.1. The van der Waals surface area contributed by atoms with E-state index in [1.807, 2.05) is 49.4 Å². The van der Waals surface area contributed by atoms with Crippen molar-refractivity contribution < 1.29 is 29.9 Å². The Bertz CT molecular complexity index is 3340. The first-order valence-electron chi connectivity index (χ1n) is 23.6. The van der Waals surface area contributed by atoms with E-state index in [-0.39, 0.29) is 38.9 Å².